The summed E-state index contributed by atoms with van der Waals surface area (Å²) in [5.74, 6) is 0.100. The number of carbonyl (C=O) groups is 1. The highest BCUT2D eigenvalue weighted by atomic mass is 16.6. The Morgan fingerprint density at radius 1 is 0.968 bits per heavy atom. The predicted molar refractivity (Wildman–Crippen MR) is 116 cm³/mol. The predicted octanol–water partition coefficient (Wildman–Crippen LogP) is 3.83. The molecule has 156 valence electrons. The van der Waals surface area contributed by atoms with E-state index < -0.39 is 10.8 Å². The zero-order valence-corrected chi connectivity index (χ0v) is 16.7. The number of ether oxygens (including phenoxy) is 1. The number of rotatable bonds is 5. The molecule has 0 radical (unpaired) electrons. The largest absolute Gasteiger partial charge is 0.457 e. The zero-order chi connectivity index (χ0) is 22.1. The maximum absolute atomic E-state index is 13.0. The van der Waals surface area contributed by atoms with Crippen molar-refractivity contribution in [3.63, 3.8) is 0 Å². The van der Waals surface area contributed by atoms with Crippen LogP contribution in [0.25, 0.3) is 11.0 Å². The van der Waals surface area contributed by atoms with E-state index >= 15 is 0 Å². The van der Waals surface area contributed by atoms with E-state index in [1.807, 2.05) is 6.07 Å². The van der Waals surface area contributed by atoms with Crippen molar-refractivity contribution in [1.82, 2.24) is 9.13 Å². The number of imidazole rings is 1. The molecule has 0 saturated heterocycles. The monoisotopic (exact) mass is 418 g/mol. The SMILES string of the molecule is Cn1c(=O)n(C)c2cc(NC(=O)c3cc([N+](=O)[O-])ccc3Oc3ccccc3)ccc21. The summed E-state index contributed by atoms with van der Waals surface area (Å²) in [7, 11) is 3.31. The van der Waals surface area contributed by atoms with E-state index in [2.05, 4.69) is 5.32 Å². The molecule has 9 heteroatoms. The fourth-order valence-corrected chi connectivity index (χ4v) is 3.30. The third-order valence-corrected chi connectivity index (χ3v) is 4.92. The summed E-state index contributed by atoms with van der Waals surface area (Å²) in [5, 5.41) is 14.0. The minimum absolute atomic E-state index is 0.0140. The van der Waals surface area contributed by atoms with Gasteiger partial charge < -0.3 is 10.1 Å². The molecule has 0 fully saturated rings. The molecular weight excluding hydrogens is 400 g/mol. The molecule has 1 aromatic heterocycles. The van der Waals surface area contributed by atoms with Crippen LogP contribution in [0.2, 0.25) is 0 Å². The fraction of sp³-hybridized carbons (Fsp3) is 0.0909. The molecule has 9 nitrogen and oxygen atoms in total. The van der Waals surface area contributed by atoms with Crippen LogP contribution in [0.5, 0.6) is 11.5 Å². The lowest BCUT2D eigenvalue weighted by molar-refractivity contribution is -0.384. The molecule has 0 spiro atoms. The van der Waals surface area contributed by atoms with Crippen molar-refractivity contribution in [1.29, 1.82) is 0 Å². The van der Waals surface area contributed by atoms with Crippen molar-refractivity contribution in [2.75, 3.05) is 5.32 Å². The van der Waals surface area contributed by atoms with Gasteiger partial charge in [-0.25, -0.2) is 4.79 Å². The number of benzene rings is 3. The highest BCUT2D eigenvalue weighted by Gasteiger charge is 2.19. The average molecular weight is 418 g/mol. The molecule has 1 heterocycles. The summed E-state index contributed by atoms with van der Waals surface area (Å²) in [6.07, 6.45) is 0. The van der Waals surface area contributed by atoms with Crippen molar-refractivity contribution in [3.05, 3.63) is 92.9 Å². The van der Waals surface area contributed by atoms with Crippen molar-refractivity contribution < 1.29 is 14.5 Å². The van der Waals surface area contributed by atoms with Crippen molar-refractivity contribution >= 4 is 28.3 Å². The first kappa shape index (κ1) is 19.9. The number of aromatic nitrogens is 2. The number of non-ortho nitro benzene ring substituents is 1. The molecular formula is C22H18N4O5. The lowest BCUT2D eigenvalue weighted by Crippen LogP contribution is -2.19. The van der Waals surface area contributed by atoms with E-state index in [9.17, 15) is 19.7 Å². The Kier molecular flexibility index (Phi) is 5.00. The second kappa shape index (κ2) is 7.79. The summed E-state index contributed by atoms with van der Waals surface area (Å²) in [4.78, 5) is 35.8. The minimum atomic E-state index is -0.575. The Morgan fingerprint density at radius 2 is 1.68 bits per heavy atom. The topological polar surface area (TPSA) is 108 Å². The van der Waals surface area contributed by atoms with Crippen LogP contribution in [0.15, 0.2) is 71.5 Å². The highest BCUT2D eigenvalue weighted by molar-refractivity contribution is 6.07. The number of nitro benzene ring substituents is 1. The van der Waals surface area contributed by atoms with Gasteiger partial charge in [-0.3, -0.25) is 24.0 Å². The molecule has 0 bridgehead atoms. The van der Waals surface area contributed by atoms with Crippen LogP contribution in [0.4, 0.5) is 11.4 Å². The Hall–Kier alpha value is -4.40. The van der Waals surface area contributed by atoms with Gasteiger partial charge in [0.2, 0.25) is 0 Å². The maximum atomic E-state index is 13.0. The van der Waals surface area contributed by atoms with Gasteiger partial charge in [0.05, 0.1) is 21.5 Å². The second-order valence-corrected chi connectivity index (χ2v) is 6.91. The summed E-state index contributed by atoms with van der Waals surface area (Å²) in [5.41, 5.74) is 1.40. The molecule has 0 atom stereocenters. The number of amides is 1. The summed E-state index contributed by atoms with van der Waals surface area (Å²) in [6, 6.07) is 17.7. The number of aryl methyl sites for hydroxylation is 2. The fourth-order valence-electron chi connectivity index (χ4n) is 3.30. The number of nitro groups is 1. The Balaban J connectivity index is 1.70. The lowest BCUT2D eigenvalue weighted by atomic mass is 10.1. The first-order valence-electron chi connectivity index (χ1n) is 9.33. The van der Waals surface area contributed by atoms with Gasteiger partial charge in [-0.05, 0) is 36.4 Å². The number of fused-ring (bicyclic) bond motifs is 1. The number of nitrogens with zero attached hydrogens (tertiary/aromatic N) is 3. The lowest BCUT2D eigenvalue weighted by Gasteiger charge is -2.12. The smallest absolute Gasteiger partial charge is 0.328 e. The van der Waals surface area contributed by atoms with Gasteiger partial charge in [0, 0.05) is 31.9 Å². The van der Waals surface area contributed by atoms with E-state index in [0.717, 1.165) is 0 Å². The third-order valence-electron chi connectivity index (χ3n) is 4.92. The quantitative estimate of drug-likeness (QED) is 0.391. The zero-order valence-electron chi connectivity index (χ0n) is 16.7. The molecule has 0 aliphatic carbocycles. The van der Waals surface area contributed by atoms with Crippen molar-refractivity contribution in [3.8, 4) is 11.5 Å². The van der Waals surface area contributed by atoms with Crippen LogP contribution in [0.1, 0.15) is 10.4 Å². The van der Waals surface area contributed by atoms with Gasteiger partial charge >= 0.3 is 5.69 Å². The Labute approximate surface area is 176 Å². The standard InChI is InChI=1S/C22H18N4O5/c1-24-18-10-8-14(12-19(18)25(2)22(24)28)23-21(27)17-13-15(26(29)30)9-11-20(17)31-16-6-4-3-5-7-16/h3-13H,1-2H3,(H,23,27). The number of nitrogens with one attached hydrogen (secondary N) is 1. The molecule has 31 heavy (non-hydrogen) atoms. The van der Waals surface area contributed by atoms with Crippen LogP contribution in [-0.4, -0.2) is 20.0 Å². The van der Waals surface area contributed by atoms with Crippen LogP contribution < -0.4 is 15.7 Å². The number of carbonyl (C=O) groups excluding carboxylic acids is 1. The molecule has 0 saturated carbocycles. The van der Waals surface area contributed by atoms with Crippen LogP contribution in [-0.2, 0) is 14.1 Å². The Morgan fingerprint density at radius 3 is 2.39 bits per heavy atom. The number of para-hydroxylation sites is 1. The molecule has 0 unspecified atom stereocenters. The maximum Gasteiger partial charge on any atom is 0.328 e. The third kappa shape index (κ3) is 3.76. The highest BCUT2D eigenvalue weighted by Crippen LogP contribution is 2.30. The van der Waals surface area contributed by atoms with Gasteiger partial charge in [-0.15, -0.1) is 0 Å². The minimum Gasteiger partial charge on any atom is -0.457 e. The first-order chi connectivity index (χ1) is 14.8. The summed E-state index contributed by atoms with van der Waals surface area (Å²) < 4.78 is 8.76. The molecule has 0 aliphatic heterocycles. The first-order valence-corrected chi connectivity index (χ1v) is 9.33. The van der Waals surface area contributed by atoms with E-state index in [-0.39, 0.29) is 22.7 Å². The van der Waals surface area contributed by atoms with Crippen LogP contribution in [0.3, 0.4) is 0 Å². The molecule has 1 amide bonds. The van der Waals surface area contributed by atoms with Gasteiger partial charge in [0.15, 0.2) is 0 Å². The van der Waals surface area contributed by atoms with Gasteiger partial charge in [0.1, 0.15) is 11.5 Å². The number of hydrogen-bond acceptors (Lipinski definition) is 5. The summed E-state index contributed by atoms with van der Waals surface area (Å²) in [6.45, 7) is 0. The van der Waals surface area contributed by atoms with E-state index in [1.54, 1.807) is 56.6 Å². The molecule has 4 aromatic rings. The van der Waals surface area contributed by atoms with E-state index in [4.69, 9.17) is 4.74 Å². The van der Waals surface area contributed by atoms with Crippen LogP contribution >= 0.6 is 0 Å². The van der Waals surface area contributed by atoms with Crippen molar-refractivity contribution in [2.24, 2.45) is 14.1 Å². The molecule has 4 rings (SSSR count). The van der Waals surface area contributed by atoms with Gasteiger partial charge in [-0.1, -0.05) is 18.2 Å². The molecule has 3 aromatic carbocycles. The molecule has 1 N–H and O–H groups in total. The van der Waals surface area contributed by atoms with Gasteiger partial charge in [0.25, 0.3) is 11.6 Å². The van der Waals surface area contributed by atoms with Crippen molar-refractivity contribution in [2.45, 2.75) is 0 Å². The number of anilines is 1. The Bertz CT molecular complexity index is 1370. The average Bonchev–Trinajstić information content (AvgIpc) is 2.98. The van der Waals surface area contributed by atoms with Gasteiger partial charge in [-0.2, -0.15) is 0 Å². The number of hydrogen-bond donors (Lipinski definition) is 1. The summed E-state index contributed by atoms with van der Waals surface area (Å²) >= 11 is 0. The second-order valence-electron chi connectivity index (χ2n) is 6.91. The van der Waals surface area contributed by atoms with E-state index in [1.165, 1.54) is 27.3 Å². The van der Waals surface area contributed by atoms with Crippen LogP contribution in [0, 0.1) is 10.1 Å². The van der Waals surface area contributed by atoms with E-state index in [0.29, 0.717) is 22.5 Å². The molecule has 0 aliphatic rings. The normalized spacial score (nSPS) is 10.8.